The highest BCUT2D eigenvalue weighted by Gasteiger charge is 2.57. The molecule has 0 heterocycles. The van der Waals surface area contributed by atoms with Crippen LogP contribution >= 0.6 is 0 Å². The van der Waals surface area contributed by atoms with Gasteiger partial charge in [0.1, 0.15) is 31.0 Å². The number of rotatable bonds is 15. The normalized spacial score (nSPS) is 22.3. The van der Waals surface area contributed by atoms with Crippen molar-refractivity contribution in [2.45, 2.75) is 70.0 Å². The maximum absolute atomic E-state index is 12.7. The van der Waals surface area contributed by atoms with Gasteiger partial charge in [0.15, 0.2) is 12.2 Å². The van der Waals surface area contributed by atoms with Crippen LogP contribution < -0.4 is 0 Å². The summed E-state index contributed by atoms with van der Waals surface area (Å²) in [7, 11) is 0. The predicted molar refractivity (Wildman–Crippen MR) is 173 cm³/mol. The van der Waals surface area contributed by atoms with Gasteiger partial charge in [-0.25, -0.2) is 4.79 Å². The van der Waals surface area contributed by atoms with Gasteiger partial charge in [-0.2, -0.15) is 0 Å². The van der Waals surface area contributed by atoms with E-state index in [1.165, 1.54) is 6.92 Å². The summed E-state index contributed by atoms with van der Waals surface area (Å²) in [6, 6.07) is 38.4. The Kier molecular flexibility index (Phi) is 12.7. The van der Waals surface area contributed by atoms with E-state index < -0.39 is 55.2 Å². The van der Waals surface area contributed by atoms with Crippen LogP contribution in [0.4, 0.5) is 0 Å². The maximum atomic E-state index is 12.7. The molecule has 0 unspecified atom stereocenters. The predicted octanol–water partition coefficient (Wildman–Crippen LogP) is 5.18. The Labute approximate surface area is 275 Å². The highest BCUT2D eigenvalue weighted by molar-refractivity contribution is 5.71. The van der Waals surface area contributed by atoms with E-state index in [1.807, 2.05) is 121 Å². The fourth-order valence-electron chi connectivity index (χ4n) is 5.60. The van der Waals surface area contributed by atoms with Crippen LogP contribution in [0.5, 0.6) is 0 Å². The molecule has 0 amide bonds. The molecule has 246 valence electrons. The first-order valence-corrected chi connectivity index (χ1v) is 15.6. The van der Waals surface area contributed by atoms with Crippen molar-refractivity contribution in [3.8, 4) is 0 Å². The minimum atomic E-state index is -1.21. The summed E-state index contributed by atoms with van der Waals surface area (Å²) in [4.78, 5) is 25.3. The van der Waals surface area contributed by atoms with Gasteiger partial charge in [0.05, 0.1) is 26.4 Å². The molecule has 1 N–H and O–H groups in total. The second-order valence-electron chi connectivity index (χ2n) is 11.2. The second kappa shape index (κ2) is 17.5. The van der Waals surface area contributed by atoms with Crippen molar-refractivity contribution in [3.63, 3.8) is 0 Å². The molecule has 0 aromatic heterocycles. The van der Waals surface area contributed by atoms with E-state index in [4.69, 9.17) is 28.4 Å². The fourth-order valence-corrected chi connectivity index (χ4v) is 5.60. The van der Waals surface area contributed by atoms with Crippen molar-refractivity contribution in [2.24, 2.45) is 0 Å². The lowest BCUT2D eigenvalue weighted by Gasteiger charge is -2.48. The molecule has 0 saturated heterocycles. The molecular weight excluding hydrogens is 600 g/mol. The highest BCUT2D eigenvalue weighted by atomic mass is 16.6. The Morgan fingerprint density at radius 2 is 0.745 bits per heavy atom. The van der Waals surface area contributed by atoms with Crippen LogP contribution in [0.2, 0.25) is 0 Å². The van der Waals surface area contributed by atoms with Crippen molar-refractivity contribution in [1.29, 1.82) is 0 Å². The Morgan fingerprint density at radius 3 is 1.02 bits per heavy atom. The molecular formula is C38H40O9. The number of aliphatic hydroxyl groups excluding tert-OH is 1. The zero-order valence-electron chi connectivity index (χ0n) is 26.3. The van der Waals surface area contributed by atoms with Gasteiger partial charge in [0, 0.05) is 6.92 Å². The summed E-state index contributed by atoms with van der Waals surface area (Å²) in [6.07, 6.45) is -6.04. The van der Waals surface area contributed by atoms with E-state index in [0.29, 0.717) is 0 Å². The fraction of sp³-hybridized carbons (Fsp3) is 0.316. The molecule has 0 aliphatic heterocycles. The number of hydrogen-bond acceptors (Lipinski definition) is 9. The minimum Gasteiger partial charge on any atom is -0.456 e. The quantitative estimate of drug-likeness (QED) is 0.176. The molecule has 1 aliphatic carbocycles. The van der Waals surface area contributed by atoms with Gasteiger partial charge in [-0.15, -0.1) is 0 Å². The van der Waals surface area contributed by atoms with Crippen LogP contribution in [-0.4, -0.2) is 60.3 Å². The lowest BCUT2D eigenvalue weighted by atomic mass is 9.83. The van der Waals surface area contributed by atoms with Gasteiger partial charge in [-0.1, -0.05) is 121 Å². The average molecular weight is 641 g/mol. The molecule has 9 heteroatoms. The summed E-state index contributed by atoms with van der Waals surface area (Å²) < 4.78 is 38.0. The maximum Gasteiger partial charge on any atom is 0.332 e. The van der Waals surface area contributed by atoms with Crippen LogP contribution in [0.3, 0.4) is 0 Å². The Hall–Kier alpha value is -4.38. The standard InChI is InChI=1S/C38H40O9/c1-27(40)46-37-35(44-25-30-18-10-4-11-19-30)33(42-23-28-14-6-2-7-15-28)34(43-24-29-16-8-3-9-17-29)36(38(37)47-32(41)22-39)45-26-31-20-12-5-13-21-31/h2-21,33-39H,22-26H2,1H3/t33-,34-,35+,36+,37+,38-/m0/s1. The van der Waals surface area contributed by atoms with Crippen LogP contribution in [0, 0.1) is 0 Å². The van der Waals surface area contributed by atoms with Crippen molar-refractivity contribution in [1.82, 2.24) is 0 Å². The average Bonchev–Trinajstić information content (AvgIpc) is 3.11. The van der Waals surface area contributed by atoms with Crippen molar-refractivity contribution < 1.29 is 43.1 Å². The SMILES string of the molecule is CC(=O)O[C@@H]1[C@H](OCc2ccccc2)[C@@H](OCc2ccccc2)[C@H](OCc2ccccc2)[C@@H](OCc2ccccc2)[C@@H]1OC(=O)CO. The molecule has 5 rings (SSSR count). The minimum absolute atomic E-state index is 0.137. The Morgan fingerprint density at radius 1 is 0.468 bits per heavy atom. The third-order valence-corrected chi connectivity index (χ3v) is 7.78. The number of carbonyl (C=O) groups is 2. The van der Waals surface area contributed by atoms with Gasteiger partial charge >= 0.3 is 11.9 Å². The van der Waals surface area contributed by atoms with Crippen LogP contribution in [-0.2, 0) is 64.4 Å². The molecule has 9 nitrogen and oxygen atoms in total. The van der Waals surface area contributed by atoms with E-state index in [1.54, 1.807) is 0 Å². The van der Waals surface area contributed by atoms with Crippen molar-refractivity contribution in [2.75, 3.05) is 6.61 Å². The molecule has 0 radical (unpaired) electrons. The van der Waals surface area contributed by atoms with Crippen molar-refractivity contribution >= 4 is 11.9 Å². The van der Waals surface area contributed by atoms with Gasteiger partial charge in [0.2, 0.25) is 0 Å². The number of carbonyl (C=O) groups excluding carboxylic acids is 2. The Balaban J connectivity index is 1.57. The molecule has 0 spiro atoms. The zero-order chi connectivity index (χ0) is 32.8. The molecule has 1 aliphatic rings. The molecule has 4 aromatic carbocycles. The number of hydrogen-bond donors (Lipinski definition) is 1. The van der Waals surface area contributed by atoms with E-state index >= 15 is 0 Å². The molecule has 0 bridgehead atoms. The monoisotopic (exact) mass is 640 g/mol. The summed E-state index contributed by atoms with van der Waals surface area (Å²) in [5.74, 6) is -1.52. The number of esters is 2. The van der Waals surface area contributed by atoms with Crippen LogP contribution in [0.15, 0.2) is 121 Å². The Bertz CT molecular complexity index is 1500. The summed E-state index contributed by atoms with van der Waals surface area (Å²) >= 11 is 0. The zero-order valence-corrected chi connectivity index (χ0v) is 26.3. The van der Waals surface area contributed by atoms with E-state index in [9.17, 15) is 14.7 Å². The molecule has 47 heavy (non-hydrogen) atoms. The first kappa shape index (κ1) is 34.0. The molecule has 1 fully saturated rings. The molecule has 1 saturated carbocycles. The molecule has 6 atom stereocenters. The van der Waals surface area contributed by atoms with Crippen molar-refractivity contribution in [3.05, 3.63) is 144 Å². The van der Waals surface area contributed by atoms with Crippen LogP contribution in [0.25, 0.3) is 0 Å². The van der Waals surface area contributed by atoms with E-state index in [-0.39, 0.29) is 26.4 Å². The van der Waals surface area contributed by atoms with Gasteiger partial charge in [0.25, 0.3) is 0 Å². The first-order valence-electron chi connectivity index (χ1n) is 15.6. The topological polar surface area (TPSA) is 110 Å². The van der Waals surface area contributed by atoms with E-state index in [2.05, 4.69) is 0 Å². The largest absolute Gasteiger partial charge is 0.456 e. The lowest BCUT2D eigenvalue weighted by Crippen LogP contribution is -2.68. The summed E-state index contributed by atoms with van der Waals surface area (Å²) in [5, 5.41) is 9.72. The van der Waals surface area contributed by atoms with Gasteiger partial charge in [-0.3, -0.25) is 4.79 Å². The van der Waals surface area contributed by atoms with E-state index in [0.717, 1.165) is 22.3 Å². The first-order chi connectivity index (χ1) is 23.0. The number of benzene rings is 4. The highest BCUT2D eigenvalue weighted by Crippen LogP contribution is 2.36. The second-order valence-corrected chi connectivity index (χ2v) is 11.2. The number of ether oxygens (including phenoxy) is 6. The third kappa shape index (κ3) is 9.81. The summed E-state index contributed by atoms with van der Waals surface area (Å²) in [5.41, 5.74) is 3.57. The lowest BCUT2D eigenvalue weighted by molar-refractivity contribution is -0.281. The van der Waals surface area contributed by atoms with Gasteiger partial charge < -0.3 is 33.5 Å². The van der Waals surface area contributed by atoms with Gasteiger partial charge in [-0.05, 0) is 22.3 Å². The summed E-state index contributed by atoms with van der Waals surface area (Å²) in [6.45, 7) is 1.06. The number of aliphatic hydroxyl groups is 1. The van der Waals surface area contributed by atoms with Crippen LogP contribution in [0.1, 0.15) is 29.2 Å². The third-order valence-electron chi connectivity index (χ3n) is 7.78. The smallest absolute Gasteiger partial charge is 0.332 e. The molecule has 4 aromatic rings.